The van der Waals surface area contributed by atoms with Crippen molar-refractivity contribution >= 4 is 41.4 Å². The molecule has 3 atom stereocenters. The van der Waals surface area contributed by atoms with Gasteiger partial charge in [-0.2, -0.15) is 22.7 Å². The normalized spacial score (nSPS) is 19.1. The zero-order chi connectivity index (χ0) is 48.8. The lowest BCUT2D eigenvalue weighted by Crippen LogP contribution is -2.48. The molecule has 2 aliphatic rings. The standard InChI is InChI=1S/C46H52F4N8O9/c1-24-19-30(38(61)55-35-21-32(23-59)53-40(35)63)15-18-33(24)27-9-5-25(6-10-27)20-34(54-37(60)29-11-7-26(8-12-29)22-51-43(66)67-44(2,3)4)39(62)52-31-16-13-28(14-17-31)36-56-41(58-57-36)45(47,48)46(49,50)42(64)65/h5-6,9-10,13-19,26,29,32,34-35,59H,7-8,11-12,20-23H2,1-4H3,(H,51,66)(H,52,62)(H,53,63)(H,54,60)(H,55,61)(H,64,65)(H,56,57,58)/t26-,29-,32-,34-,35+/m0/s1. The van der Waals surface area contributed by atoms with Gasteiger partial charge in [-0.1, -0.05) is 30.3 Å². The molecule has 5 amide bonds. The summed E-state index contributed by atoms with van der Waals surface area (Å²) in [7, 11) is 0. The molecule has 1 aliphatic carbocycles. The number of carbonyl (C=O) groups is 6. The molecule has 4 aromatic rings. The van der Waals surface area contributed by atoms with Crippen LogP contribution in [0.25, 0.3) is 22.5 Å². The summed E-state index contributed by atoms with van der Waals surface area (Å²) in [5.74, 6) is -17.9. The molecule has 2 heterocycles. The number of ether oxygens (including phenoxy) is 1. The van der Waals surface area contributed by atoms with Crippen LogP contribution in [0, 0.1) is 18.8 Å². The first-order valence-electron chi connectivity index (χ1n) is 21.6. The van der Waals surface area contributed by atoms with E-state index in [0.29, 0.717) is 43.4 Å². The van der Waals surface area contributed by atoms with Crippen molar-refractivity contribution in [3.63, 3.8) is 0 Å². The number of amides is 5. The van der Waals surface area contributed by atoms with Gasteiger partial charge in [0.15, 0.2) is 5.82 Å². The van der Waals surface area contributed by atoms with Crippen LogP contribution >= 0.6 is 0 Å². The summed E-state index contributed by atoms with van der Waals surface area (Å²) >= 11 is 0. The van der Waals surface area contributed by atoms with Crippen LogP contribution in [-0.4, -0.2) is 104 Å². The lowest BCUT2D eigenvalue weighted by Gasteiger charge is -2.29. The van der Waals surface area contributed by atoms with Crippen LogP contribution in [0.3, 0.4) is 0 Å². The number of aromatic amines is 1. The highest BCUT2D eigenvalue weighted by atomic mass is 19.3. The van der Waals surface area contributed by atoms with Crippen LogP contribution in [0.1, 0.15) is 80.2 Å². The van der Waals surface area contributed by atoms with E-state index >= 15 is 0 Å². The summed E-state index contributed by atoms with van der Waals surface area (Å²) in [6, 6.07) is 15.6. The van der Waals surface area contributed by atoms with Gasteiger partial charge in [0.1, 0.15) is 17.7 Å². The minimum absolute atomic E-state index is 0.0606. The average Bonchev–Trinajstić information content (AvgIpc) is 3.92. The number of aromatic nitrogens is 3. The molecule has 0 unspecified atom stereocenters. The third kappa shape index (κ3) is 12.1. The Kier molecular flexibility index (Phi) is 15.0. The number of aliphatic hydroxyl groups excluding tert-OH is 1. The number of alkyl carbamates (subject to hydrolysis) is 1. The van der Waals surface area contributed by atoms with Crippen molar-refractivity contribution in [2.45, 2.75) is 102 Å². The molecule has 67 heavy (non-hydrogen) atoms. The number of H-pyrrole nitrogens is 1. The van der Waals surface area contributed by atoms with E-state index in [1.54, 1.807) is 51.1 Å². The molecule has 8 N–H and O–H groups in total. The van der Waals surface area contributed by atoms with Crippen molar-refractivity contribution in [1.29, 1.82) is 0 Å². The van der Waals surface area contributed by atoms with Gasteiger partial charge in [0, 0.05) is 35.7 Å². The highest BCUT2D eigenvalue weighted by Crippen LogP contribution is 2.42. The minimum atomic E-state index is -5.48. The molecule has 2 fully saturated rings. The maximum atomic E-state index is 14.3. The van der Waals surface area contributed by atoms with Gasteiger partial charge >= 0.3 is 23.9 Å². The summed E-state index contributed by atoms with van der Waals surface area (Å²) < 4.78 is 61.5. The molecule has 0 radical (unpaired) electrons. The highest BCUT2D eigenvalue weighted by Gasteiger charge is 2.66. The summed E-state index contributed by atoms with van der Waals surface area (Å²) in [4.78, 5) is 79.3. The number of anilines is 1. The largest absolute Gasteiger partial charge is 0.477 e. The number of nitrogens with zero attached hydrogens (tertiary/aromatic N) is 2. The van der Waals surface area contributed by atoms with Gasteiger partial charge in [0.05, 0.1) is 12.6 Å². The molecule has 0 bridgehead atoms. The van der Waals surface area contributed by atoms with Gasteiger partial charge < -0.3 is 41.5 Å². The van der Waals surface area contributed by atoms with Gasteiger partial charge in [-0.15, -0.1) is 0 Å². The molecule has 21 heteroatoms. The van der Waals surface area contributed by atoms with Crippen LogP contribution in [0.2, 0.25) is 0 Å². The van der Waals surface area contributed by atoms with Crippen molar-refractivity contribution in [2.75, 3.05) is 18.5 Å². The highest BCUT2D eigenvalue weighted by molar-refractivity contribution is 5.99. The number of hydrogen-bond acceptors (Lipinski definition) is 10. The molecule has 3 aromatic carbocycles. The van der Waals surface area contributed by atoms with E-state index in [0.717, 1.165) is 16.7 Å². The Morgan fingerprint density at radius 2 is 1.57 bits per heavy atom. The first kappa shape index (κ1) is 49.5. The van der Waals surface area contributed by atoms with E-state index in [4.69, 9.17) is 9.84 Å². The number of carboxylic acid groups (broad SMARTS) is 1. The number of nitrogens with one attached hydrogen (secondary N) is 6. The monoisotopic (exact) mass is 936 g/mol. The lowest BCUT2D eigenvalue weighted by atomic mass is 9.81. The van der Waals surface area contributed by atoms with E-state index in [9.17, 15) is 51.4 Å². The van der Waals surface area contributed by atoms with Crippen LogP contribution in [0.4, 0.5) is 28.0 Å². The van der Waals surface area contributed by atoms with E-state index in [-0.39, 0.29) is 54.3 Å². The second-order valence-corrected chi connectivity index (χ2v) is 17.8. The topological polar surface area (TPSA) is 254 Å². The van der Waals surface area contributed by atoms with Crippen molar-refractivity contribution in [3.8, 4) is 22.5 Å². The number of halogens is 4. The van der Waals surface area contributed by atoms with E-state index in [1.807, 2.05) is 19.1 Å². The number of alkyl halides is 4. The molecule has 1 aliphatic heterocycles. The first-order valence-corrected chi connectivity index (χ1v) is 21.6. The molecule has 0 spiro atoms. The summed E-state index contributed by atoms with van der Waals surface area (Å²) in [5, 5.41) is 37.0. The van der Waals surface area contributed by atoms with Crippen LogP contribution < -0.4 is 26.6 Å². The molecule has 1 saturated heterocycles. The van der Waals surface area contributed by atoms with Crippen molar-refractivity contribution < 1.29 is 61.3 Å². The second kappa shape index (κ2) is 20.3. The van der Waals surface area contributed by atoms with Crippen LogP contribution in [0.5, 0.6) is 0 Å². The number of aliphatic hydroxyl groups is 1. The van der Waals surface area contributed by atoms with Crippen molar-refractivity contribution in [3.05, 3.63) is 89.2 Å². The van der Waals surface area contributed by atoms with Crippen LogP contribution in [-0.2, 0) is 36.3 Å². The number of hydrogen-bond donors (Lipinski definition) is 8. The average molecular weight is 937 g/mol. The Labute approximate surface area is 382 Å². The fourth-order valence-corrected chi connectivity index (χ4v) is 7.84. The molecular formula is C46H52F4N8O9. The number of carbonyl (C=O) groups excluding carboxylic acids is 5. The van der Waals surface area contributed by atoms with Gasteiger partial charge in [0.2, 0.25) is 23.5 Å². The Hall–Kier alpha value is -6.90. The fourth-order valence-electron chi connectivity index (χ4n) is 7.84. The zero-order valence-corrected chi connectivity index (χ0v) is 37.1. The first-order chi connectivity index (χ1) is 31.5. The van der Waals surface area contributed by atoms with E-state index in [1.165, 1.54) is 24.3 Å². The third-order valence-corrected chi connectivity index (χ3v) is 11.5. The maximum Gasteiger partial charge on any atom is 0.411 e. The van der Waals surface area contributed by atoms with Gasteiger partial charge in [0.25, 0.3) is 5.91 Å². The quantitative estimate of drug-likeness (QED) is 0.0675. The van der Waals surface area contributed by atoms with E-state index < -0.39 is 71.2 Å². The van der Waals surface area contributed by atoms with Gasteiger partial charge in [-0.05, 0) is 124 Å². The Morgan fingerprint density at radius 1 is 0.910 bits per heavy atom. The molecule has 1 aromatic heterocycles. The number of aliphatic carboxylic acids is 1. The Balaban J connectivity index is 1.14. The maximum absolute atomic E-state index is 14.3. The number of rotatable bonds is 16. The van der Waals surface area contributed by atoms with E-state index in [2.05, 4.69) is 41.8 Å². The van der Waals surface area contributed by atoms with Gasteiger partial charge in [-0.3, -0.25) is 24.3 Å². The lowest BCUT2D eigenvalue weighted by molar-refractivity contribution is -0.231. The Bertz CT molecular complexity index is 2470. The zero-order valence-electron chi connectivity index (χ0n) is 37.1. The SMILES string of the molecule is Cc1cc(C(=O)N[C@@H]2C[C@@H](CO)NC2=O)ccc1-c1ccc(C[C@H](NC(=O)[C@H]2CC[C@H](CNC(=O)OC(C)(C)C)CC2)C(=O)Nc2ccc(-c3nc(C(F)(F)C(F)(F)C(=O)O)n[nH]3)cc2)cc1. The number of aryl methyl sites for hydroxylation is 1. The predicted molar refractivity (Wildman–Crippen MR) is 234 cm³/mol. The summed E-state index contributed by atoms with van der Waals surface area (Å²) in [6.45, 7) is 7.30. The molecule has 358 valence electrons. The minimum Gasteiger partial charge on any atom is -0.477 e. The van der Waals surface area contributed by atoms with Crippen LogP contribution in [0.15, 0.2) is 66.7 Å². The van der Waals surface area contributed by atoms with Crippen molar-refractivity contribution in [2.24, 2.45) is 11.8 Å². The third-order valence-electron chi connectivity index (χ3n) is 11.5. The molecular weight excluding hydrogens is 885 g/mol. The number of benzene rings is 3. The molecule has 17 nitrogen and oxygen atoms in total. The number of carboxylic acids is 1. The Morgan fingerprint density at radius 3 is 2.16 bits per heavy atom. The van der Waals surface area contributed by atoms with Crippen molar-refractivity contribution in [1.82, 2.24) is 36.4 Å². The molecule has 1 saturated carbocycles. The predicted octanol–water partition coefficient (Wildman–Crippen LogP) is 5.24. The fraction of sp³-hybridized carbons (Fsp3) is 0.435. The second-order valence-electron chi connectivity index (χ2n) is 17.8. The summed E-state index contributed by atoms with van der Waals surface area (Å²) in [5.41, 5.74) is 3.10. The van der Waals surface area contributed by atoms with Gasteiger partial charge in [-0.25, -0.2) is 14.6 Å². The smallest absolute Gasteiger partial charge is 0.411 e. The molecule has 6 rings (SSSR count). The summed E-state index contributed by atoms with van der Waals surface area (Å²) in [6.07, 6.45) is 2.14.